The largest absolute Gasteiger partial charge is 0.872 e. The van der Waals surface area contributed by atoms with Gasteiger partial charge in [0.2, 0.25) is 17.0 Å². The molecule has 3 rings (SSSR count). The third kappa shape index (κ3) is 8.00. The third-order valence-corrected chi connectivity index (χ3v) is 6.91. The van der Waals surface area contributed by atoms with Crippen LogP contribution in [-0.2, 0) is 14.1 Å². The summed E-state index contributed by atoms with van der Waals surface area (Å²) in [5.41, 5.74) is -3.29. The first-order chi connectivity index (χ1) is 21.8. The molecule has 3 aromatic rings. The molecule has 2 aromatic heterocycles. The molecule has 1 aromatic carbocycles. The molecule has 0 saturated carbocycles. The summed E-state index contributed by atoms with van der Waals surface area (Å²) >= 11 is 0. The summed E-state index contributed by atoms with van der Waals surface area (Å²) in [5, 5.41) is 58.7. The molecule has 0 radical (unpaired) electrons. The standard InChI is InChI=1S/C29H35N7O10/c1-30-24(41)16-4-5-17(21(38)20(16)37)25(42)31-8-13-36(14-9-32-26(43)18-6-11-34(2)28(45)22(18)39)15-10-33-27(44)19-7-12-35(3)29(46)23(19)40/h4-7,11-12,37-40H,8-10,13-15H2,1-3H3,(H,30,41)(H,31,42)(H,32,43)(H,33,44)/p-4. The Balaban J connectivity index is 1.65. The number of nitrogens with one attached hydrogen (secondary N) is 4. The molecule has 2 heterocycles. The zero-order valence-corrected chi connectivity index (χ0v) is 25.1. The maximum Gasteiger partial charge on any atom is 0.250 e. The molecule has 17 nitrogen and oxygen atoms in total. The quantitative estimate of drug-likeness (QED) is 0.139. The van der Waals surface area contributed by atoms with Gasteiger partial charge >= 0.3 is 0 Å². The molecule has 0 atom stereocenters. The Hall–Kier alpha value is -5.84. The number of carbonyl (C=O) groups is 4. The van der Waals surface area contributed by atoms with Crippen molar-refractivity contribution in [2.24, 2.45) is 14.1 Å². The van der Waals surface area contributed by atoms with Gasteiger partial charge < -0.3 is 50.8 Å². The number of hydrogen-bond donors (Lipinski definition) is 4. The predicted molar refractivity (Wildman–Crippen MR) is 154 cm³/mol. The second-order valence-corrected chi connectivity index (χ2v) is 9.96. The van der Waals surface area contributed by atoms with E-state index in [1.807, 2.05) is 0 Å². The van der Waals surface area contributed by atoms with Crippen molar-refractivity contribution in [2.45, 2.75) is 0 Å². The molecule has 0 saturated heterocycles. The van der Waals surface area contributed by atoms with Gasteiger partial charge in [-0.15, -0.1) is 11.5 Å². The average molecular weight is 638 g/mol. The summed E-state index contributed by atoms with van der Waals surface area (Å²) in [4.78, 5) is 74.9. The second-order valence-electron chi connectivity index (χ2n) is 9.96. The van der Waals surface area contributed by atoms with Crippen molar-refractivity contribution in [2.75, 3.05) is 46.3 Å². The van der Waals surface area contributed by atoms with Gasteiger partial charge in [0, 0.05) is 95.1 Å². The molecule has 0 spiro atoms. The highest BCUT2D eigenvalue weighted by Gasteiger charge is 2.15. The molecule has 46 heavy (non-hydrogen) atoms. The van der Waals surface area contributed by atoms with Crippen molar-refractivity contribution in [1.82, 2.24) is 35.3 Å². The molecule has 4 N–H and O–H groups in total. The Morgan fingerprint density at radius 1 is 0.587 bits per heavy atom. The van der Waals surface area contributed by atoms with E-state index in [-0.39, 0.29) is 50.4 Å². The number of rotatable bonds is 13. The number of hydrogen-bond acceptors (Lipinski definition) is 11. The highest BCUT2D eigenvalue weighted by Crippen LogP contribution is 2.27. The fraction of sp³-hybridized carbons (Fsp3) is 0.310. The maximum atomic E-state index is 12.6. The summed E-state index contributed by atoms with van der Waals surface area (Å²) in [5.74, 6) is -7.43. The van der Waals surface area contributed by atoms with E-state index in [0.29, 0.717) is 0 Å². The lowest BCUT2D eigenvalue weighted by molar-refractivity contribution is -0.317. The van der Waals surface area contributed by atoms with Crippen LogP contribution in [0.4, 0.5) is 0 Å². The number of carbonyl (C=O) groups excluding carboxylic acids is 4. The van der Waals surface area contributed by atoms with Crippen LogP contribution < -0.4 is 52.8 Å². The SMILES string of the molecule is CNC(=O)c1ccc(C(=O)NCCN(CCNC(=O)c2ccn(C)c(=O)c2[O-])CCNC(=O)c2ccn(C)c(=O)c2[O-])c([O-])c1[O-]. The fourth-order valence-corrected chi connectivity index (χ4v) is 4.23. The fourth-order valence-electron chi connectivity index (χ4n) is 4.23. The molecule has 0 aliphatic carbocycles. The number of pyridine rings is 2. The summed E-state index contributed by atoms with van der Waals surface area (Å²) in [6.07, 6.45) is 2.56. The van der Waals surface area contributed by atoms with Crippen molar-refractivity contribution in [3.8, 4) is 23.0 Å². The third-order valence-electron chi connectivity index (χ3n) is 6.91. The van der Waals surface area contributed by atoms with Gasteiger partial charge in [-0.05, 0) is 35.8 Å². The van der Waals surface area contributed by atoms with Gasteiger partial charge in [-0.2, -0.15) is 0 Å². The molecule has 0 bridgehead atoms. The molecule has 17 heteroatoms. The Morgan fingerprint density at radius 2 is 0.913 bits per heavy atom. The Morgan fingerprint density at radius 3 is 1.26 bits per heavy atom. The summed E-state index contributed by atoms with van der Waals surface area (Å²) in [6.45, 7) is 0.217. The van der Waals surface area contributed by atoms with Crippen molar-refractivity contribution >= 4 is 23.6 Å². The highest BCUT2D eigenvalue weighted by molar-refractivity contribution is 6.02. The highest BCUT2D eigenvalue weighted by atomic mass is 16.3. The van der Waals surface area contributed by atoms with Crippen LogP contribution in [0.1, 0.15) is 41.4 Å². The Bertz CT molecular complexity index is 1680. The topological polar surface area (TPSA) is 256 Å². The molecule has 246 valence electrons. The van der Waals surface area contributed by atoms with Crippen LogP contribution in [0.2, 0.25) is 0 Å². The molecule has 4 amide bonds. The van der Waals surface area contributed by atoms with E-state index in [2.05, 4.69) is 21.3 Å². The van der Waals surface area contributed by atoms with E-state index in [1.54, 1.807) is 4.90 Å². The molecular formula is C29H31N7O10-4. The van der Waals surface area contributed by atoms with E-state index in [4.69, 9.17) is 0 Å². The van der Waals surface area contributed by atoms with Crippen molar-refractivity contribution in [1.29, 1.82) is 0 Å². The smallest absolute Gasteiger partial charge is 0.250 e. The van der Waals surface area contributed by atoms with Gasteiger partial charge in [0.15, 0.2) is 0 Å². The Kier molecular flexibility index (Phi) is 11.5. The van der Waals surface area contributed by atoms with Gasteiger partial charge in [0.1, 0.15) is 0 Å². The normalized spacial score (nSPS) is 10.8. The molecule has 0 aliphatic heterocycles. The minimum absolute atomic E-state index is 0.0278. The zero-order chi connectivity index (χ0) is 34.1. The predicted octanol–water partition coefficient (Wildman–Crippen LogP) is -4.37. The molecule has 0 fully saturated rings. The van der Waals surface area contributed by atoms with E-state index in [0.717, 1.165) is 21.3 Å². The minimum Gasteiger partial charge on any atom is -0.872 e. The van der Waals surface area contributed by atoms with Crippen LogP contribution in [-0.4, -0.2) is 84.0 Å². The summed E-state index contributed by atoms with van der Waals surface area (Å²) in [6, 6.07) is 4.55. The van der Waals surface area contributed by atoms with Crippen molar-refractivity contribution in [3.63, 3.8) is 0 Å². The lowest BCUT2D eigenvalue weighted by atomic mass is 10.1. The summed E-state index contributed by atoms with van der Waals surface area (Å²) in [7, 11) is 4.02. The Labute approximate surface area is 261 Å². The number of aromatic nitrogens is 2. The molecule has 0 unspecified atom stereocenters. The first-order valence-electron chi connectivity index (χ1n) is 13.8. The van der Waals surface area contributed by atoms with Crippen LogP contribution in [0.3, 0.4) is 0 Å². The van der Waals surface area contributed by atoms with Crippen molar-refractivity contribution in [3.05, 3.63) is 79.6 Å². The van der Waals surface area contributed by atoms with Gasteiger partial charge in [-0.25, -0.2) is 0 Å². The van der Waals surface area contributed by atoms with E-state index in [9.17, 15) is 49.2 Å². The lowest BCUT2D eigenvalue weighted by Crippen LogP contribution is -2.43. The zero-order valence-electron chi connectivity index (χ0n) is 25.1. The summed E-state index contributed by atoms with van der Waals surface area (Å²) < 4.78 is 2.08. The monoisotopic (exact) mass is 637 g/mol. The number of aryl methyl sites for hydroxylation is 2. The van der Waals surface area contributed by atoms with E-state index >= 15 is 0 Å². The van der Waals surface area contributed by atoms with Gasteiger partial charge in [-0.1, -0.05) is 0 Å². The van der Waals surface area contributed by atoms with Crippen LogP contribution in [0.15, 0.2) is 46.2 Å². The first-order valence-corrected chi connectivity index (χ1v) is 13.8. The van der Waals surface area contributed by atoms with E-state index < -0.39 is 68.9 Å². The first kappa shape index (κ1) is 34.6. The van der Waals surface area contributed by atoms with Crippen molar-refractivity contribution < 1.29 is 39.6 Å². The number of benzene rings is 1. The van der Waals surface area contributed by atoms with Gasteiger partial charge in [0.05, 0.1) is 0 Å². The average Bonchev–Trinajstić information content (AvgIpc) is 3.03. The molecular weight excluding hydrogens is 606 g/mol. The van der Waals surface area contributed by atoms with E-state index in [1.165, 1.54) is 45.7 Å². The molecule has 0 aliphatic rings. The van der Waals surface area contributed by atoms with Crippen LogP contribution >= 0.6 is 0 Å². The number of amides is 4. The van der Waals surface area contributed by atoms with Gasteiger partial charge in [-0.3, -0.25) is 33.7 Å². The van der Waals surface area contributed by atoms with Crippen LogP contribution in [0.5, 0.6) is 23.0 Å². The van der Waals surface area contributed by atoms with Crippen LogP contribution in [0, 0.1) is 0 Å². The number of nitrogens with zero attached hydrogens (tertiary/aromatic N) is 3. The van der Waals surface area contributed by atoms with Crippen LogP contribution in [0.25, 0.3) is 0 Å². The maximum absolute atomic E-state index is 12.6. The second kappa shape index (κ2) is 15.2. The lowest BCUT2D eigenvalue weighted by Gasteiger charge is -2.26. The van der Waals surface area contributed by atoms with Gasteiger partial charge in [0.25, 0.3) is 17.7 Å². The minimum atomic E-state index is -1.15.